The molecule has 1 saturated carbocycles. The summed E-state index contributed by atoms with van der Waals surface area (Å²) in [6, 6.07) is 0.554. The van der Waals surface area contributed by atoms with Crippen LogP contribution in [0.2, 0.25) is 0 Å². The summed E-state index contributed by atoms with van der Waals surface area (Å²) in [5, 5.41) is 0. The van der Waals surface area contributed by atoms with Crippen molar-refractivity contribution in [2.45, 2.75) is 76.7 Å². The van der Waals surface area contributed by atoms with Gasteiger partial charge in [0.15, 0.2) is 0 Å². The van der Waals surface area contributed by atoms with Gasteiger partial charge in [0.05, 0.1) is 0 Å². The van der Waals surface area contributed by atoms with Gasteiger partial charge in [-0.05, 0) is 37.5 Å². The lowest BCUT2D eigenvalue weighted by molar-refractivity contribution is 0.0630. The van der Waals surface area contributed by atoms with Gasteiger partial charge in [-0.1, -0.05) is 44.9 Å². The third-order valence-corrected chi connectivity index (χ3v) is 5.08. The number of nitrogens with one attached hydrogen (secondary N) is 1. The van der Waals surface area contributed by atoms with Gasteiger partial charge in [-0.25, -0.2) is 0 Å². The second-order valence-corrected chi connectivity index (χ2v) is 6.59. The number of hydrazine groups is 1. The van der Waals surface area contributed by atoms with E-state index in [1.165, 1.54) is 70.6 Å². The number of hydrogen-bond donors (Lipinski definition) is 2. The molecule has 1 atom stereocenters. The van der Waals surface area contributed by atoms with E-state index in [1.54, 1.807) is 0 Å². The summed E-state index contributed by atoms with van der Waals surface area (Å²) >= 11 is 0. The topological polar surface area (TPSA) is 47.3 Å². The van der Waals surface area contributed by atoms with Crippen LogP contribution < -0.4 is 11.3 Å². The van der Waals surface area contributed by atoms with Gasteiger partial charge in [0.2, 0.25) is 0 Å². The highest BCUT2D eigenvalue weighted by molar-refractivity contribution is 4.74. The minimum Gasteiger partial charge on any atom is -0.381 e. The molecule has 3 N–H and O–H groups in total. The zero-order valence-corrected chi connectivity index (χ0v) is 12.4. The van der Waals surface area contributed by atoms with E-state index in [9.17, 15) is 0 Å². The molecule has 1 aliphatic heterocycles. The third kappa shape index (κ3) is 5.80. The molecule has 0 aromatic rings. The first-order valence-electron chi connectivity index (χ1n) is 8.42. The van der Waals surface area contributed by atoms with Crippen LogP contribution in [0.1, 0.15) is 70.6 Å². The summed E-state index contributed by atoms with van der Waals surface area (Å²) in [7, 11) is 0. The highest BCUT2D eigenvalue weighted by Crippen LogP contribution is 2.29. The Bertz CT molecular complexity index is 223. The standard InChI is InChI=1S/C16H32N2O/c17-18-16(13-15-6-1-2-7-15)8-4-3-5-14-9-11-19-12-10-14/h14-16,18H,1-13,17H2. The SMILES string of the molecule is NNC(CCCCC1CCOCC1)CC1CCCC1. The Morgan fingerprint density at radius 1 is 1.00 bits per heavy atom. The molecule has 0 bridgehead atoms. The minimum atomic E-state index is 0.554. The molecule has 0 aromatic carbocycles. The Balaban J connectivity index is 1.52. The highest BCUT2D eigenvalue weighted by Gasteiger charge is 2.19. The fourth-order valence-electron chi connectivity index (χ4n) is 3.78. The predicted octanol–water partition coefficient (Wildman–Crippen LogP) is 3.39. The van der Waals surface area contributed by atoms with Crippen molar-refractivity contribution in [1.82, 2.24) is 5.43 Å². The Labute approximate surface area is 118 Å². The van der Waals surface area contributed by atoms with Gasteiger partial charge in [0, 0.05) is 19.3 Å². The van der Waals surface area contributed by atoms with E-state index in [4.69, 9.17) is 10.6 Å². The second-order valence-electron chi connectivity index (χ2n) is 6.59. The van der Waals surface area contributed by atoms with Crippen LogP contribution in [0, 0.1) is 11.8 Å². The van der Waals surface area contributed by atoms with Gasteiger partial charge in [-0.3, -0.25) is 11.3 Å². The van der Waals surface area contributed by atoms with Crippen LogP contribution in [-0.4, -0.2) is 19.3 Å². The van der Waals surface area contributed by atoms with E-state index in [2.05, 4.69) is 5.43 Å². The molecule has 0 amide bonds. The molecular formula is C16H32N2O. The summed E-state index contributed by atoms with van der Waals surface area (Å²) in [5.74, 6) is 7.57. The molecule has 3 heteroatoms. The maximum absolute atomic E-state index is 5.71. The Kier molecular flexibility index (Phi) is 7.18. The lowest BCUT2D eigenvalue weighted by atomic mass is 9.91. The second kappa shape index (κ2) is 8.93. The molecule has 112 valence electrons. The van der Waals surface area contributed by atoms with Crippen molar-refractivity contribution in [2.24, 2.45) is 17.7 Å². The molecule has 1 saturated heterocycles. The molecule has 1 aliphatic carbocycles. The van der Waals surface area contributed by atoms with Gasteiger partial charge in [0.1, 0.15) is 0 Å². The summed E-state index contributed by atoms with van der Waals surface area (Å²) in [4.78, 5) is 0. The van der Waals surface area contributed by atoms with Crippen LogP contribution in [0.15, 0.2) is 0 Å². The molecule has 2 fully saturated rings. The predicted molar refractivity (Wildman–Crippen MR) is 79.7 cm³/mol. The fourth-order valence-corrected chi connectivity index (χ4v) is 3.78. The molecule has 19 heavy (non-hydrogen) atoms. The molecule has 2 aliphatic rings. The number of unbranched alkanes of at least 4 members (excludes halogenated alkanes) is 1. The Hall–Kier alpha value is -0.120. The lowest BCUT2D eigenvalue weighted by Gasteiger charge is -2.23. The zero-order valence-electron chi connectivity index (χ0n) is 12.4. The van der Waals surface area contributed by atoms with E-state index in [-0.39, 0.29) is 0 Å². The number of nitrogens with two attached hydrogens (primary N) is 1. The number of rotatable bonds is 8. The van der Waals surface area contributed by atoms with Crippen LogP contribution in [0.5, 0.6) is 0 Å². The van der Waals surface area contributed by atoms with Crippen molar-refractivity contribution < 1.29 is 4.74 Å². The highest BCUT2D eigenvalue weighted by atomic mass is 16.5. The maximum Gasteiger partial charge on any atom is 0.0468 e. The molecule has 0 aromatic heterocycles. The normalized spacial score (nSPS) is 23.8. The summed E-state index contributed by atoms with van der Waals surface area (Å²) in [5.41, 5.74) is 3.05. The van der Waals surface area contributed by atoms with Crippen molar-refractivity contribution in [3.05, 3.63) is 0 Å². The molecule has 0 spiro atoms. The average Bonchev–Trinajstić information content (AvgIpc) is 2.96. The lowest BCUT2D eigenvalue weighted by Crippen LogP contribution is -2.36. The van der Waals surface area contributed by atoms with E-state index in [0.717, 1.165) is 25.0 Å². The molecule has 2 rings (SSSR count). The first-order chi connectivity index (χ1) is 9.38. The van der Waals surface area contributed by atoms with Crippen molar-refractivity contribution in [3.8, 4) is 0 Å². The summed E-state index contributed by atoms with van der Waals surface area (Å²) in [6.07, 6.45) is 14.9. The van der Waals surface area contributed by atoms with E-state index in [0.29, 0.717) is 6.04 Å². The van der Waals surface area contributed by atoms with Crippen LogP contribution in [-0.2, 0) is 4.74 Å². The van der Waals surface area contributed by atoms with Gasteiger partial charge in [-0.2, -0.15) is 0 Å². The van der Waals surface area contributed by atoms with E-state index < -0.39 is 0 Å². The first-order valence-corrected chi connectivity index (χ1v) is 8.42. The smallest absolute Gasteiger partial charge is 0.0468 e. The van der Waals surface area contributed by atoms with Gasteiger partial charge < -0.3 is 4.74 Å². The van der Waals surface area contributed by atoms with Gasteiger partial charge in [-0.15, -0.1) is 0 Å². The largest absolute Gasteiger partial charge is 0.381 e. The van der Waals surface area contributed by atoms with Crippen molar-refractivity contribution >= 4 is 0 Å². The van der Waals surface area contributed by atoms with Crippen molar-refractivity contribution in [2.75, 3.05) is 13.2 Å². The quantitative estimate of drug-likeness (QED) is 0.403. The molecule has 1 heterocycles. The summed E-state index contributed by atoms with van der Waals surface area (Å²) in [6.45, 7) is 1.97. The third-order valence-electron chi connectivity index (χ3n) is 5.08. The van der Waals surface area contributed by atoms with Crippen LogP contribution >= 0.6 is 0 Å². The number of ether oxygens (including phenoxy) is 1. The average molecular weight is 268 g/mol. The molecule has 1 unspecified atom stereocenters. The molecule has 0 radical (unpaired) electrons. The number of hydrogen-bond acceptors (Lipinski definition) is 3. The van der Waals surface area contributed by atoms with Gasteiger partial charge in [0.25, 0.3) is 0 Å². The van der Waals surface area contributed by atoms with Crippen molar-refractivity contribution in [3.63, 3.8) is 0 Å². The molecule has 3 nitrogen and oxygen atoms in total. The monoisotopic (exact) mass is 268 g/mol. The fraction of sp³-hybridized carbons (Fsp3) is 1.00. The van der Waals surface area contributed by atoms with Crippen molar-refractivity contribution in [1.29, 1.82) is 0 Å². The minimum absolute atomic E-state index is 0.554. The van der Waals surface area contributed by atoms with Crippen LogP contribution in [0.25, 0.3) is 0 Å². The van der Waals surface area contributed by atoms with E-state index >= 15 is 0 Å². The summed E-state index contributed by atoms with van der Waals surface area (Å²) < 4.78 is 5.41. The van der Waals surface area contributed by atoms with Gasteiger partial charge >= 0.3 is 0 Å². The van der Waals surface area contributed by atoms with E-state index in [1.807, 2.05) is 0 Å². The Morgan fingerprint density at radius 2 is 1.74 bits per heavy atom. The maximum atomic E-state index is 5.71. The first kappa shape index (κ1) is 15.3. The Morgan fingerprint density at radius 3 is 2.42 bits per heavy atom. The van der Waals surface area contributed by atoms with Crippen LogP contribution in [0.4, 0.5) is 0 Å². The van der Waals surface area contributed by atoms with Crippen LogP contribution in [0.3, 0.4) is 0 Å². The molecular weight excluding hydrogens is 236 g/mol. The zero-order chi connectivity index (χ0) is 13.3.